The molecule has 2 N–H and O–H groups in total. The van der Waals surface area contributed by atoms with Crippen molar-refractivity contribution < 1.29 is 23.9 Å². The van der Waals surface area contributed by atoms with E-state index in [9.17, 15) is 14.4 Å². The van der Waals surface area contributed by atoms with E-state index >= 15 is 0 Å². The van der Waals surface area contributed by atoms with Crippen LogP contribution in [0, 0.1) is 0 Å². The second kappa shape index (κ2) is 11.0. The lowest BCUT2D eigenvalue weighted by molar-refractivity contribution is -0.144. The lowest BCUT2D eigenvalue weighted by Crippen LogP contribution is -2.32. The highest BCUT2D eigenvalue weighted by atomic mass is 16.6. The van der Waals surface area contributed by atoms with E-state index in [2.05, 4.69) is 10.6 Å². The van der Waals surface area contributed by atoms with E-state index in [-0.39, 0.29) is 31.4 Å². The maximum absolute atomic E-state index is 12.2. The molecule has 2 aromatic carbocycles. The first-order chi connectivity index (χ1) is 14.2. The van der Waals surface area contributed by atoms with Gasteiger partial charge < -0.3 is 20.1 Å². The van der Waals surface area contributed by atoms with Gasteiger partial charge in [-0.05, 0) is 44.0 Å². The summed E-state index contributed by atoms with van der Waals surface area (Å²) in [5.41, 5.74) is 1.66. The number of nitrogens with one attached hydrogen (secondary N) is 2. The lowest BCUT2D eigenvalue weighted by atomic mass is 10.1. The molecule has 0 aromatic heterocycles. The molecule has 0 aliphatic heterocycles. The standard InChI is InChI=1S/C23H28N2O5/c1-23(2,3)30-22(28)25-15-17-9-11-19(12-10-17)21(27)24-14-13-20(26)29-16-18-7-5-4-6-8-18/h4-12H,13-16H2,1-3H3,(H,24,27)(H,25,28). The van der Waals surface area contributed by atoms with E-state index < -0.39 is 11.7 Å². The quantitative estimate of drug-likeness (QED) is 0.647. The van der Waals surface area contributed by atoms with Crippen molar-refractivity contribution in [2.45, 2.75) is 45.9 Å². The van der Waals surface area contributed by atoms with Gasteiger partial charge in [0, 0.05) is 18.7 Å². The van der Waals surface area contributed by atoms with Crippen LogP contribution in [0.1, 0.15) is 48.7 Å². The van der Waals surface area contributed by atoms with Crippen molar-refractivity contribution in [2.24, 2.45) is 0 Å². The van der Waals surface area contributed by atoms with E-state index in [0.717, 1.165) is 11.1 Å². The Morgan fingerprint density at radius 3 is 2.17 bits per heavy atom. The molecule has 7 nitrogen and oxygen atoms in total. The number of amides is 2. The van der Waals surface area contributed by atoms with Gasteiger partial charge in [0.25, 0.3) is 5.91 Å². The van der Waals surface area contributed by atoms with Crippen LogP contribution < -0.4 is 10.6 Å². The molecule has 0 heterocycles. The first-order valence-corrected chi connectivity index (χ1v) is 9.76. The van der Waals surface area contributed by atoms with Crippen LogP contribution in [0.3, 0.4) is 0 Å². The first kappa shape index (κ1) is 22.9. The van der Waals surface area contributed by atoms with Gasteiger partial charge in [-0.2, -0.15) is 0 Å². The molecule has 0 unspecified atom stereocenters. The number of benzene rings is 2. The van der Waals surface area contributed by atoms with E-state index in [0.29, 0.717) is 12.1 Å². The van der Waals surface area contributed by atoms with Crippen LogP contribution in [0.25, 0.3) is 0 Å². The Balaban J connectivity index is 1.69. The van der Waals surface area contributed by atoms with Crippen molar-refractivity contribution in [3.8, 4) is 0 Å². The average Bonchev–Trinajstić information content (AvgIpc) is 2.70. The molecule has 30 heavy (non-hydrogen) atoms. The van der Waals surface area contributed by atoms with Crippen LogP contribution in [0.2, 0.25) is 0 Å². The molecule has 0 saturated carbocycles. The van der Waals surface area contributed by atoms with Crippen molar-refractivity contribution in [1.82, 2.24) is 10.6 Å². The third-order valence-electron chi connectivity index (χ3n) is 3.91. The van der Waals surface area contributed by atoms with Crippen LogP contribution in [-0.2, 0) is 27.4 Å². The molecule has 0 atom stereocenters. The van der Waals surface area contributed by atoms with Crippen molar-refractivity contribution in [1.29, 1.82) is 0 Å². The molecule has 160 valence electrons. The minimum absolute atomic E-state index is 0.0937. The van der Waals surface area contributed by atoms with E-state index in [1.165, 1.54) is 0 Å². The minimum atomic E-state index is -0.556. The third-order valence-corrected chi connectivity index (χ3v) is 3.91. The van der Waals surface area contributed by atoms with Gasteiger partial charge in [-0.1, -0.05) is 42.5 Å². The van der Waals surface area contributed by atoms with Crippen LogP contribution in [0.5, 0.6) is 0 Å². The number of carbonyl (C=O) groups is 3. The maximum Gasteiger partial charge on any atom is 0.407 e. The number of ether oxygens (including phenoxy) is 2. The van der Waals surface area contributed by atoms with Crippen molar-refractivity contribution >= 4 is 18.0 Å². The van der Waals surface area contributed by atoms with Crippen molar-refractivity contribution in [2.75, 3.05) is 6.54 Å². The van der Waals surface area contributed by atoms with Gasteiger partial charge in [-0.15, -0.1) is 0 Å². The number of hydrogen-bond acceptors (Lipinski definition) is 5. The zero-order valence-electron chi connectivity index (χ0n) is 17.6. The Morgan fingerprint density at radius 1 is 0.867 bits per heavy atom. The second-order valence-electron chi connectivity index (χ2n) is 7.70. The summed E-state index contributed by atoms with van der Waals surface area (Å²) in [4.78, 5) is 35.6. The molecule has 0 radical (unpaired) electrons. The molecule has 0 saturated heterocycles. The van der Waals surface area contributed by atoms with Gasteiger partial charge in [0.05, 0.1) is 6.42 Å². The van der Waals surface area contributed by atoms with Crippen LogP contribution in [0.4, 0.5) is 4.79 Å². The monoisotopic (exact) mass is 412 g/mol. The summed E-state index contributed by atoms with van der Waals surface area (Å²) in [5, 5.41) is 5.36. The van der Waals surface area contributed by atoms with Gasteiger partial charge >= 0.3 is 12.1 Å². The number of esters is 1. The Bertz CT molecular complexity index is 842. The fraction of sp³-hybridized carbons (Fsp3) is 0.348. The van der Waals surface area contributed by atoms with E-state index in [4.69, 9.17) is 9.47 Å². The normalized spacial score (nSPS) is 10.8. The smallest absolute Gasteiger partial charge is 0.407 e. The van der Waals surface area contributed by atoms with Gasteiger partial charge in [0.1, 0.15) is 12.2 Å². The zero-order valence-corrected chi connectivity index (χ0v) is 17.6. The van der Waals surface area contributed by atoms with E-state index in [1.807, 2.05) is 30.3 Å². The van der Waals surface area contributed by atoms with E-state index in [1.54, 1.807) is 45.0 Å². The third kappa shape index (κ3) is 8.77. The molecule has 0 aliphatic rings. The van der Waals surface area contributed by atoms with Crippen molar-refractivity contribution in [3.63, 3.8) is 0 Å². The van der Waals surface area contributed by atoms with Crippen LogP contribution >= 0.6 is 0 Å². The highest BCUT2D eigenvalue weighted by Crippen LogP contribution is 2.08. The summed E-state index contributed by atoms with van der Waals surface area (Å²) >= 11 is 0. The molecule has 7 heteroatoms. The largest absolute Gasteiger partial charge is 0.461 e. The van der Waals surface area contributed by atoms with Crippen LogP contribution in [0.15, 0.2) is 54.6 Å². The summed E-state index contributed by atoms with van der Waals surface area (Å²) in [7, 11) is 0. The number of rotatable bonds is 8. The maximum atomic E-state index is 12.2. The predicted molar refractivity (Wildman–Crippen MR) is 113 cm³/mol. The Labute approximate surface area is 176 Å². The summed E-state index contributed by atoms with van der Waals surface area (Å²) < 4.78 is 10.3. The van der Waals surface area contributed by atoms with Gasteiger partial charge in [-0.25, -0.2) is 4.79 Å². The fourth-order valence-electron chi connectivity index (χ4n) is 2.45. The lowest BCUT2D eigenvalue weighted by Gasteiger charge is -2.19. The molecule has 0 bridgehead atoms. The number of hydrogen-bond donors (Lipinski definition) is 2. The van der Waals surface area contributed by atoms with Gasteiger partial charge in [0.15, 0.2) is 0 Å². The minimum Gasteiger partial charge on any atom is -0.461 e. The van der Waals surface area contributed by atoms with Crippen LogP contribution in [-0.4, -0.2) is 30.1 Å². The summed E-state index contributed by atoms with van der Waals surface area (Å²) in [6.45, 7) is 6.08. The fourth-order valence-corrected chi connectivity index (χ4v) is 2.45. The van der Waals surface area contributed by atoms with Gasteiger partial charge in [0.2, 0.25) is 0 Å². The highest BCUT2D eigenvalue weighted by Gasteiger charge is 2.15. The molecule has 2 rings (SSSR count). The number of alkyl carbamates (subject to hydrolysis) is 1. The molecular formula is C23H28N2O5. The SMILES string of the molecule is CC(C)(C)OC(=O)NCc1ccc(C(=O)NCCC(=O)OCc2ccccc2)cc1. The predicted octanol–water partition coefficient (Wildman–Crippen LogP) is 3.57. The Kier molecular flexibility index (Phi) is 8.41. The summed E-state index contributed by atoms with van der Waals surface area (Å²) in [6.07, 6.45) is -0.403. The molecule has 0 aliphatic carbocycles. The Morgan fingerprint density at radius 2 is 1.53 bits per heavy atom. The average molecular weight is 412 g/mol. The zero-order chi connectivity index (χ0) is 22.0. The molecule has 0 spiro atoms. The summed E-state index contributed by atoms with van der Waals surface area (Å²) in [6, 6.07) is 16.2. The molecule has 2 aromatic rings. The Hall–Kier alpha value is -3.35. The molecule has 0 fully saturated rings. The van der Waals surface area contributed by atoms with Gasteiger partial charge in [-0.3, -0.25) is 9.59 Å². The summed E-state index contributed by atoms with van der Waals surface area (Å²) in [5.74, 6) is -0.653. The first-order valence-electron chi connectivity index (χ1n) is 9.76. The topological polar surface area (TPSA) is 93.7 Å². The van der Waals surface area contributed by atoms with Crippen molar-refractivity contribution in [3.05, 3.63) is 71.3 Å². The molecule has 2 amide bonds. The second-order valence-corrected chi connectivity index (χ2v) is 7.70. The molecular weight excluding hydrogens is 384 g/mol. The highest BCUT2D eigenvalue weighted by molar-refractivity contribution is 5.94. The number of carbonyl (C=O) groups excluding carboxylic acids is 3.